The Labute approximate surface area is 125 Å². The second-order valence-corrected chi connectivity index (χ2v) is 7.04. The molecule has 1 saturated carbocycles. The minimum atomic E-state index is -0.109. The summed E-state index contributed by atoms with van der Waals surface area (Å²) in [6.45, 7) is 9.40. The third-order valence-corrected chi connectivity index (χ3v) is 4.99. The molecule has 1 rings (SSSR count). The zero-order valence-electron chi connectivity index (χ0n) is 13.9. The Morgan fingerprint density at radius 1 is 1.20 bits per heavy atom. The molecule has 0 bridgehead atoms. The van der Waals surface area contributed by atoms with Gasteiger partial charge in [0.1, 0.15) is 0 Å². The monoisotopic (exact) mass is 282 g/mol. The van der Waals surface area contributed by atoms with E-state index in [1.807, 2.05) is 0 Å². The maximum Gasteiger partial charge on any atom is 0.226 e. The summed E-state index contributed by atoms with van der Waals surface area (Å²) in [6.07, 6.45) is 7.68. The van der Waals surface area contributed by atoms with Gasteiger partial charge in [0, 0.05) is 18.0 Å². The fourth-order valence-electron chi connectivity index (χ4n) is 3.82. The smallest absolute Gasteiger partial charge is 0.226 e. The fourth-order valence-corrected chi connectivity index (χ4v) is 3.82. The van der Waals surface area contributed by atoms with Gasteiger partial charge in [-0.25, -0.2) is 0 Å². The van der Waals surface area contributed by atoms with Crippen LogP contribution in [0.1, 0.15) is 72.6 Å². The van der Waals surface area contributed by atoms with Crippen LogP contribution < -0.4 is 11.1 Å². The van der Waals surface area contributed by atoms with Gasteiger partial charge in [0.05, 0.1) is 0 Å². The van der Waals surface area contributed by atoms with Crippen molar-refractivity contribution in [1.82, 2.24) is 5.32 Å². The number of rotatable bonds is 8. The van der Waals surface area contributed by atoms with Crippen molar-refractivity contribution in [3.8, 4) is 0 Å². The Kier molecular flexibility index (Phi) is 7.01. The summed E-state index contributed by atoms with van der Waals surface area (Å²) in [5.41, 5.74) is 6.11. The summed E-state index contributed by atoms with van der Waals surface area (Å²) in [7, 11) is 0. The molecule has 20 heavy (non-hydrogen) atoms. The maximum atomic E-state index is 12.6. The van der Waals surface area contributed by atoms with Crippen molar-refractivity contribution in [1.29, 1.82) is 0 Å². The molecule has 118 valence electrons. The van der Waals surface area contributed by atoms with Crippen LogP contribution in [0.25, 0.3) is 0 Å². The van der Waals surface area contributed by atoms with Gasteiger partial charge in [0.25, 0.3) is 0 Å². The van der Waals surface area contributed by atoms with Crippen LogP contribution in [0.2, 0.25) is 0 Å². The number of hydrogen-bond acceptors (Lipinski definition) is 2. The van der Waals surface area contributed by atoms with Crippen LogP contribution in [-0.4, -0.2) is 18.5 Å². The second-order valence-electron chi connectivity index (χ2n) is 7.04. The second kappa shape index (κ2) is 8.02. The Hall–Kier alpha value is -0.570. The first-order valence-corrected chi connectivity index (χ1v) is 8.49. The van der Waals surface area contributed by atoms with E-state index in [1.165, 1.54) is 12.8 Å². The molecule has 1 aliphatic rings. The van der Waals surface area contributed by atoms with E-state index in [-0.39, 0.29) is 17.4 Å². The topological polar surface area (TPSA) is 55.1 Å². The summed E-state index contributed by atoms with van der Waals surface area (Å²) in [5.74, 6) is 1.34. The summed E-state index contributed by atoms with van der Waals surface area (Å²) in [5, 5.41) is 3.16. The van der Waals surface area contributed by atoms with Gasteiger partial charge in [0.2, 0.25) is 5.91 Å². The molecule has 0 heterocycles. The van der Waals surface area contributed by atoms with Gasteiger partial charge in [-0.05, 0) is 31.1 Å². The van der Waals surface area contributed by atoms with E-state index < -0.39 is 0 Å². The third kappa shape index (κ3) is 4.47. The molecule has 0 aromatic rings. The largest absolute Gasteiger partial charge is 0.354 e. The van der Waals surface area contributed by atoms with Crippen molar-refractivity contribution in [2.75, 3.05) is 6.54 Å². The molecule has 0 spiro atoms. The number of nitrogens with two attached hydrogens (primary N) is 1. The SMILES string of the molecule is CCC(CC)C(N)CNC(=O)C1(CC(C)C)CCCC1. The Bertz CT molecular complexity index is 291. The minimum absolute atomic E-state index is 0.0893. The first-order chi connectivity index (χ1) is 9.45. The quantitative estimate of drug-likeness (QED) is 0.716. The van der Waals surface area contributed by atoms with Crippen LogP contribution in [0.3, 0.4) is 0 Å². The lowest BCUT2D eigenvalue weighted by atomic mass is 9.77. The third-order valence-electron chi connectivity index (χ3n) is 4.99. The Morgan fingerprint density at radius 2 is 1.75 bits per heavy atom. The standard InChI is InChI=1S/C17H34N2O/c1-5-14(6-2)15(18)12-19-16(20)17(11-13(3)4)9-7-8-10-17/h13-15H,5-12,18H2,1-4H3,(H,19,20). The predicted octanol–water partition coefficient (Wildman–Crippen LogP) is 3.47. The fraction of sp³-hybridized carbons (Fsp3) is 0.941. The lowest BCUT2D eigenvalue weighted by molar-refractivity contribution is -0.131. The average molecular weight is 282 g/mol. The Morgan fingerprint density at radius 3 is 2.20 bits per heavy atom. The molecule has 0 radical (unpaired) electrons. The van der Waals surface area contributed by atoms with E-state index in [4.69, 9.17) is 5.73 Å². The highest BCUT2D eigenvalue weighted by Gasteiger charge is 2.41. The van der Waals surface area contributed by atoms with E-state index >= 15 is 0 Å². The molecule has 0 saturated heterocycles. The first-order valence-electron chi connectivity index (χ1n) is 8.49. The van der Waals surface area contributed by atoms with Crippen molar-refractivity contribution in [2.24, 2.45) is 23.0 Å². The van der Waals surface area contributed by atoms with Gasteiger partial charge >= 0.3 is 0 Å². The number of amides is 1. The number of nitrogens with one attached hydrogen (secondary N) is 1. The normalized spacial score (nSPS) is 19.6. The molecule has 1 atom stereocenters. The van der Waals surface area contributed by atoms with Crippen LogP contribution >= 0.6 is 0 Å². The van der Waals surface area contributed by atoms with Crippen LogP contribution in [0.4, 0.5) is 0 Å². The molecule has 1 unspecified atom stereocenters. The molecule has 1 aliphatic carbocycles. The highest BCUT2D eigenvalue weighted by atomic mass is 16.2. The lowest BCUT2D eigenvalue weighted by Gasteiger charge is -2.31. The molecule has 3 N–H and O–H groups in total. The minimum Gasteiger partial charge on any atom is -0.354 e. The molecule has 0 aliphatic heterocycles. The summed E-state index contributed by atoms with van der Waals surface area (Å²) in [4.78, 5) is 12.6. The van der Waals surface area contributed by atoms with Crippen LogP contribution in [0, 0.1) is 17.3 Å². The lowest BCUT2D eigenvalue weighted by Crippen LogP contribution is -2.47. The summed E-state index contributed by atoms with van der Waals surface area (Å²) >= 11 is 0. The van der Waals surface area contributed by atoms with E-state index in [0.29, 0.717) is 18.4 Å². The first kappa shape index (κ1) is 17.5. The van der Waals surface area contributed by atoms with E-state index in [0.717, 1.165) is 32.1 Å². The van der Waals surface area contributed by atoms with Crippen molar-refractivity contribution in [3.05, 3.63) is 0 Å². The zero-order chi connectivity index (χ0) is 15.2. The number of carbonyl (C=O) groups excluding carboxylic acids is 1. The molecule has 3 heteroatoms. The average Bonchev–Trinajstić information content (AvgIpc) is 2.86. The summed E-state index contributed by atoms with van der Waals surface area (Å²) in [6, 6.07) is 0.0893. The molecular weight excluding hydrogens is 248 g/mol. The van der Waals surface area contributed by atoms with Gasteiger partial charge in [0.15, 0.2) is 0 Å². The molecule has 0 aromatic heterocycles. The van der Waals surface area contributed by atoms with Crippen molar-refractivity contribution < 1.29 is 4.79 Å². The molecule has 3 nitrogen and oxygen atoms in total. The van der Waals surface area contributed by atoms with Gasteiger partial charge < -0.3 is 11.1 Å². The highest BCUT2D eigenvalue weighted by Crippen LogP contribution is 2.43. The van der Waals surface area contributed by atoms with E-state index in [1.54, 1.807) is 0 Å². The summed E-state index contributed by atoms with van der Waals surface area (Å²) < 4.78 is 0. The molecular formula is C17H34N2O. The number of hydrogen-bond donors (Lipinski definition) is 2. The van der Waals surface area contributed by atoms with E-state index in [2.05, 4.69) is 33.0 Å². The van der Waals surface area contributed by atoms with Crippen LogP contribution in [0.5, 0.6) is 0 Å². The van der Waals surface area contributed by atoms with Crippen molar-refractivity contribution in [3.63, 3.8) is 0 Å². The van der Waals surface area contributed by atoms with Gasteiger partial charge in [-0.3, -0.25) is 4.79 Å². The number of carbonyl (C=O) groups is 1. The van der Waals surface area contributed by atoms with Crippen LogP contribution in [0.15, 0.2) is 0 Å². The van der Waals surface area contributed by atoms with Gasteiger partial charge in [-0.2, -0.15) is 0 Å². The molecule has 1 fully saturated rings. The highest BCUT2D eigenvalue weighted by molar-refractivity contribution is 5.83. The van der Waals surface area contributed by atoms with Crippen molar-refractivity contribution >= 4 is 5.91 Å². The van der Waals surface area contributed by atoms with Crippen molar-refractivity contribution in [2.45, 2.75) is 78.7 Å². The van der Waals surface area contributed by atoms with Crippen LogP contribution in [-0.2, 0) is 4.79 Å². The zero-order valence-corrected chi connectivity index (χ0v) is 13.9. The predicted molar refractivity (Wildman–Crippen MR) is 85.4 cm³/mol. The maximum absolute atomic E-state index is 12.6. The van der Waals surface area contributed by atoms with Gasteiger partial charge in [-0.15, -0.1) is 0 Å². The molecule has 0 aromatic carbocycles. The molecule has 1 amide bonds. The van der Waals surface area contributed by atoms with E-state index in [9.17, 15) is 4.79 Å². The Balaban J connectivity index is 2.55. The van der Waals surface area contributed by atoms with Gasteiger partial charge in [-0.1, -0.05) is 53.4 Å².